The van der Waals surface area contributed by atoms with Crippen molar-refractivity contribution in [1.29, 1.82) is 0 Å². The molecule has 102 valence electrons. The molecule has 0 aromatic heterocycles. The zero-order chi connectivity index (χ0) is 14.7. The molecular weight excluding hydrogens is 252 g/mol. The monoisotopic (exact) mass is 268 g/mol. The van der Waals surface area contributed by atoms with E-state index in [0.29, 0.717) is 16.7 Å². The molecule has 0 atom stereocenters. The normalized spacial score (nSPS) is 10.2. The summed E-state index contributed by atoms with van der Waals surface area (Å²) in [5.74, 6) is -0.446. The van der Waals surface area contributed by atoms with Crippen molar-refractivity contribution < 1.29 is 14.3 Å². The summed E-state index contributed by atoms with van der Waals surface area (Å²) >= 11 is 0. The Kier molecular flexibility index (Phi) is 3.99. The number of methoxy groups -OCH3 is 1. The highest BCUT2D eigenvalue weighted by Crippen LogP contribution is 2.16. The first-order valence-corrected chi connectivity index (χ1v) is 6.33. The molecule has 0 spiro atoms. The second kappa shape index (κ2) is 5.70. The van der Waals surface area contributed by atoms with Gasteiger partial charge in [0.15, 0.2) is 5.78 Å². The molecule has 0 unspecified atom stereocenters. The summed E-state index contributed by atoms with van der Waals surface area (Å²) in [5.41, 5.74) is 3.68. The molecule has 0 heterocycles. The molecule has 0 aliphatic rings. The molecule has 0 aliphatic heterocycles. The van der Waals surface area contributed by atoms with Crippen molar-refractivity contribution in [3.63, 3.8) is 0 Å². The Labute approximate surface area is 118 Å². The van der Waals surface area contributed by atoms with E-state index in [-0.39, 0.29) is 5.78 Å². The van der Waals surface area contributed by atoms with Crippen LogP contribution in [0.4, 0.5) is 0 Å². The van der Waals surface area contributed by atoms with E-state index < -0.39 is 5.97 Å². The van der Waals surface area contributed by atoms with Crippen LogP contribution in [0, 0.1) is 13.8 Å². The number of aryl methyl sites for hydroxylation is 2. The average Bonchev–Trinajstić information content (AvgIpc) is 2.48. The summed E-state index contributed by atoms with van der Waals surface area (Å²) in [7, 11) is 1.33. The topological polar surface area (TPSA) is 43.4 Å². The number of carbonyl (C=O) groups excluding carboxylic acids is 2. The number of benzene rings is 2. The molecular formula is C17H16O3. The van der Waals surface area contributed by atoms with Crippen LogP contribution in [0.1, 0.15) is 37.4 Å². The molecule has 0 saturated carbocycles. The number of esters is 1. The lowest BCUT2D eigenvalue weighted by atomic mass is 9.97. The van der Waals surface area contributed by atoms with E-state index >= 15 is 0 Å². The minimum absolute atomic E-state index is 0.0392. The van der Waals surface area contributed by atoms with Crippen LogP contribution in [0.2, 0.25) is 0 Å². The summed E-state index contributed by atoms with van der Waals surface area (Å²) in [6.07, 6.45) is 0. The predicted octanol–water partition coefficient (Wildman–Crippen LogP) is 3.32. The van der Waals surface area contributed by atoms with E-state index in [1.54, 1.807) is 24.3 Å². The molecule has 3 nitrogen and oxygen atoms in total. The van der Waals surface area contributed by atoms with Crippen molar-refractivity contribution in [3.05, 3.63) is 70.3 Å². The number of rotatable bonds is 3. The molecule has 2 aromatic carbocycles. The number of ether oxygens (including phenoxy) is 1. The third-order valence-corrected chi connectivity index (χ3v) is 3.21. The molecule has 3 heteroatoms. The van der Waals surface area contributed by atoms with Crippen LogP contribution < -0.4 is 0 Å². The van der Waals surface area contributed by atoms with E-state index in [1.807, 2.05) is 32.0 Å². The van der Waals surface area contributed by atoms with Crippen LogP contribution in [0.5, 0.6) is 0 Å². The number of ketones is 1. The zero-order valence-corrected chi connectivity index (χ0v) is 11.8. The number of hydrogen-bond donors (Lipinski definition) is 0. The van der Waals surface area contributed by atoms with Gasteiger partial charge >= 0.3 is 5.97 Å². The summed E-state index contributed by atoms with van der Waals surface area (Å²) in [6, 6.07) is 12.3. The quantitative estimate of drug-likeness (QED) is 0.633. The minimum Gasteiger partial charge on any atom is -0.465 e. The predicted molar refractivity (Wildman–Crippen MR) is 77.1 cm³/mol. The van der Waals surface area contributed by atoms with Crippen LogP contribution in [0.25, 0.3) is 0 Å². The van der Waals surface area contributed by atoms with E-state index in [0.717, 1.165) is 11.1 Å². The Bertz CT molecular complexity index is 654. The fourth-order valence-electron chi connectivity index (χ4n) is 2.01. The fraction of sp³-hybridized carbons (Fsp3) is 0.176. The Morgan fingerprint density at radius 3 is 2.10 bits per heavy atom. The Balaban J connectivity index is 2.34. The standard InChI is InChI=1S/C17H16O3/c1-11-4-5-12(2)15(10-11)16(18)13-6-8-14(9-7-13)17(19)20-3/h4-10H,1-3H3. The second-order valence-corrected chi connectivity index (χ2v) is 4.72. The lowest BCUT2D eigenvalue weighted by Crippen LogP contribution is -2.06. The van der Waals surface area contributed by atoms with Crippen LogP contribution in [0.3, 0.4) is 0 Å². The zero-order valence-electron chi connectivity index (χ0n) is 11.8. The van der Waals surface area contributed by atoms with Gasteiger partial charge in [0, 0.05) is 11.1 Å². The average molecular weight is 268 g/mol. The van der Waals surface area contributed by atoms with Gasteiger partial charge < -0.3 is 4.74 Å². The lowest BCUT2D eigenvalue weighted by molar-refractivity contribution is 0.0600. The number of hydrogen-bond acceptors (Lipinski definition) is 3. The minimum atomic E-state index is -0.407. The third-order valence-electron chi connectivity index (χ3n) is 3.21. The molecule has 0 aliphatic carbocycles. The smallest absolute Gasteiger partial charge is 0.337 e. The fourth-order valence-corrected chi connectivity index (χ4v) is 2.01. The molecule has 0 bridgehead atoms. The van der Waals surface area contributed by atoms with Crippen molar-refractivity contribution in [3.8, 4) is 0 Å². The Hall–Kier alpha value is -2.42. The first-order valence-electron chi connectivity index (χ1n) is 6.33. The van der Waals surface area contributed by atoms with Gasteiger partial charge in [-0.05, 0) is 37.6 Å². The van der Waals surface area contributed by atoms with Gasteiger partial charge in [-0.1, -0.05) is 29.8 Å². The van der Waals surface area contributed by atoms with Crippen LogP contribution in [-0.4, -0.2) is 18.9 Å². The molecule has 0 radical (unpaired) electrons. The first kappa shape index (κ1) is 14.0. The van der Waals surface area contributed by atoms with E-state index in [2.05, 4.69) is 4.74 Å². The molecule has 0 fully saturated rings. The van der Waals surface area contributed by atoms with Gasteiger partial charge in [-0.3, -0.25) is 4.79 Å². The Morgan fingerprint density at radius 1 is 0.900 bits per heavy atom. The van der Waals surface area contributed by atoms with Crippen LogP contribution in [0.15, 0.2) is 42.5 Å². The molecule has 0 N–H and O–H groups in total. The van der Waals surface area contributed by atoms with Gasteiger partial charge in [0.2, 0.25) is 0 Å². The summed E-state index contributed by atoms with van der Waals surface area (Å²) in [5, 5.41) is 0. The highest BCUT2D eigenvalue weighted by molar-refractivity contribution is 6.10. The summed E-state index contributed by atoms with van der Waals surface area (Å²) in [4.78, 5) is 23.8. The van der Waals surface area contributed by atoms with Crippen LogP contribution >= 0.6 is 0 Å². The maximum Gasteiger partial charge on any atom is 0.337 e. The molecule has 0 amide bonds. The summed E-state index contributed by atoms with van der Waals surface area (Å²) < 4.78 is 4.63. The van der Waals surface area contributed by atoms with Gasteiger partial charge in [-0.2, -0.15) is 0 Å². The first-order chi connectivity index (χ1) is 9.52. The van der Waals surface area contributed by atoms with Gasteiger partial charge in [0.25, 0.3) is 0 Å². The van der Waals surface area contributed by atoms with E-state index in [9.17, 15) is 9.59 Å². The molecule has 20 heavy (non-hydrogen) atoms. The van der Waals surface area contributed by atoms with Crippen molar-refractivity contribution in [2.45, 2.75) is 13.8 Å². The second-order valence-electron chi connectivity index (χ2n) is 4.72. The molecule has 0 saturated heterocycles. The van der Waals surface area contributed by atoms with E-state index in [1.165, 1.54) is 7.11 Å². The van der Waals surface area contributed by atoms with Crippen molar-refractivity contribution in [2.24, 2.45) is 0 Å². The van der Waals surface area contributed by atoms with Crippen molar-refractivity contribution in [1.82, 2.24) is 0 Å². The molecule has 2 aromatic rings. The largest absolute Gasteiger partial charge is 0.465 e. The Morgan fingerprint density at radius 2 is 1.50 bits per heavy atom. The lowest BCUT2D eigenvalue weighted by Gasteiger charge is -2.07. The highest BCUT2D eigenvalue weighted by atomic mass is 16.5. The number of carbonyl (C=O) groups is 2. The van der Waals surface area contributed by atoms with E-state index in [4.69, 9.17) is 0 Å². The molecule has 2 rings (SSSR count). The van der Waals surface area contributed by atoms with Crippen molar-refractivity contribution >= 4 is 11.8 Å². The van der Waals surface area contributed by atoms with Gasteiger partial charge in [0.1, 0.15) is 0 Å². The van der Waals surface area contributed by atoms with Gasteiger partial charge in [-0.15, -0.1) is 0 Å². The van der Waals surface area contributed by atoms with Gasteiger partial charge in [-0.25, -0.2) is 4.79 Å². The van der Waals surface area contributed by atoms with Crippen LogP contribution in [-0.2, 0) is 4.74 Å². The SMILES string of the molecule is COC(=O)c1ccc(C(=O)c2cc(C)ccc2C)cc1. The summed E-state index contributed by atoms with van der Waals surface area (Å²) in [6.45, 7) is 3.87. The third kappa shape index (κ3) is 2.77. The van der Waals surface area contributed by atoms with Gasteiger partial charge in [0.05, 0.1) is 12.7 Å². The highest BCUT2D eigenvalue weighted by Gasteiger charge is 2.13. The maximum atomic E-state index is 12.5. The maximum absolute atomic E-state index is 12.5. The van der Waals surface area contributed by atoms with Crippen molar-refractivity contribution in [2.75, 3.05) is 7.11 Å².